The monoisotopic (exact) mass is 299 g/mol. The van der Waals surface area contributed by atoms with E-state index in [-0.39, 0.29) is 24.9 Å². The van der Waals surface area contributed by atoms with E-state index in [1.807, 2.05) is 0 Å². The summed E-state index contributed by atoms with van der Waals surface area (Å²) in [5, 5.41) is 8.93. The molecule has 0 bridgehead atoms. The number of nitrogens with two attached hydrogens (primary N) is 1. The lowest BCUT2D eigenvalue weighted by atomic mass is 9.95. The molecule has 2 fully saturated rings. The van der Waals surface area contributed by atoms with Crippen LogP contribution in [-0.2, 0) is 14.3 Å². The van der Waals surface area contributed by atoms with Crippen molar-refractivity contribution < 1.29 is 24.2 Å². The van der Waals surface area contributed by atoms with Gasteiger partial charge in [0.05, 0.1) is 31.6 Å². The van der Waals surface area contributed by atoms with E-state index in [1.54, 1.807) is 4.90 Å². The van der Waals surface area contributed by atoms with Gasteiger partial charge in [-0.2, -0.15) is 0 Å². The molecule has 8 nitrogen and oxygen atoms in total. The number of nitrogens with zero attached hydrogens (tertiary/aromatic N) is 2. The fourth-order valence-electron chi connectivity index (χ4n) is 2.93. The highest BCUT2D eigenvalue weighted by Gasteiger charge is 2.35. The predicted molar refractivity (Wildman–Crippen MR) is 72.5 cm³/mol. The van der Waals surface area contributed by atoms with E-state index in [9.17, 15) is 14.4 Å². The summed E-state index contributed by atoms with van der Waals surface area (Å²) >= 11 is 0. The van der Waals surface area contributed by atoms with Crippen LogP contribution >= 0.6 is 0 Å². The Hall–Kier alpha value is -1.83. The lowest BCUT2D eigenvalue weighted by molar-refractivity contribution is -0.150. The highest BCUT2D eigenvalue weighted by molar-refractivity contribution is 5.81. The fraction of sp³-hybridized carbons (Fsp3) is 0.769. The van der Waals surface area contributed by atoms with Crippen molar-refractivity contribution in [3.8, 4) is 0 Å². The second kappa shape index (κ2) is 6.75. The normalized spacial score (nSPS) is 26.5. The van der Waals surface area contributed by atoms with Gasteiger partial charge in [-0.1, -0.05) is 0 Å². The summed E-state index contributed by atoms with van der Waals surface area (Å²) in [6.45, 7) is 1.92. The molecule has 3 amide bonds. The number of morpholine rings is 1. The SMILES string of the molecule is NC(=O)N1CCCC(C(=O)N2CCOCC2CC(=O)O)C1. The van der Waals surface area contributed by atoms with Gasteiger partial charge in [-0.3, -0.25) is 9.59 Å². The number of hydrogen-bond donors (Lipinski definition) is 2. The van der Waals surface area contributed by atoms with Crippen LogP contribution in [0.25, 0.3) is 0 Å². The number of aliphatic carboxylic acids is 1. The molecule has 3 N–H and O–H groups in total. The first-order chi connectivity index (χ1) is 9.99. The average molecular weight is 299 g/mol. The van der Waals surface area contributed by atoms with Gasteiger partial charge in [0.1, 0.15) is 0 Å². The Kier molecular flexibility index (Phi) is 5.00. The summed E-state index contributed by atoms with van der Waals surface area (Å²) in [7, 11) is 0. The molecular weight excluding hydrogens is 278 g/mol. The third-order valence-corrected chi connectivity index (χ3v) is 4.00. The number of carbonyl (C=O) groups excluding carboxylic acids is 2. The Bertz CT molecular complexity index is 428. The molecule has 2 unspecified atom stereocenters. The molecule has 0 aromatic rings. The minimum atomic E-state index is -0.953. The van der Waals surface area contributed by atoms with E-state index < -0.39 is 18.0 Å². The molecule has 8 heteroatoms. The zero-order valence-electron chi connectivity index (χ0n) is 11.9. The third kappa shape index (κ3) is 3.84. The molecule has 0 aromatic heterocycles. The minimum absolute atomic E-state index is 0.101. The summed E-state index contributed by atoms with van der Waals surface area (Å²) in [6, 6.07) is -0.954. The highest BCUT2D eigenvalue weighted by Crippen LogP contribution is 2.22. The van der Waals surface area contributed by atoms with E-state index >= 15 is 0 Å². The Morgan fingerprint density at radius 1 is 1.29 bits per heavy atom. The van der Waals surface area contributed by atoms with Crippen LogP contribution in [0.15, 0.2) is 0 Å². The molecule has 118 valence electrons. The fourth-order valence-corrected chi connectivity index (χ4v) is 2.93. The number of carboxylic acids is 1. The Labute approximate surface area is 122 Å². The van der Waals surface area contributed by atoms with Gasteiger partial charge < -0.3 is 25.4 Å². The van der Waals surface area contributed by atoms with Crippen molar-refractivity contribution in [2.45, 2.75) is 25.3 Å². The van der Waals surface area contributed by atoms with Crippen molar-refractivity contribution in [3.63, 3.8) is 0 Å². The van der Waals surface area contributed by atoms with E-state index in [0.717, 1.165) is 6.42 Å². The molecule has 2 atom stereocenters. The number of likely N-dealkylation sites (tertiary alicyclic amines) is 1. The molecule has 2 rings (SSSR count). The molecule has 2 aliphatic heterocycles. The van der Waals surface area contributed by atoms with Gasteiger partial charge >= 0.3 is 12.0 Å². The Balaban J connectivity index is 2.02. The topological polar surface area (TPSA) is 113 Å². The highest BCUT2D eigenvalue weighted by atomic mass is 16.5. The van der Waals surface area contributed by atoms with Gasteiger partial charge in [0.15, 0.2) is 0 Å². The first kappa shape index (κ1) is 15.6. The van der Waals surface area contributed by atoms with Crippen LogP contribution in [0.4, 0.5) is 4.79 Å². The van der Waals surface area contributed by atoms with Crippen LogP contribution in [0, 0.1) is 5.92 Å². The number of primary amides is 1. The van der Waals surface area contributed by atoms with Crippen LogP contribution in [0.2, 0.25) is 0 Å². The number of rotatable bonds is 3. The van der Waals surface area contributed by atoms with Crippen molar-refractivity contribution in [2.75, 3.05) is 32.8 Å². The zero-order valence-corrected chi connectivity index (χ0v) is 11.9. The summed E-state index contributed by atoms with van der Waals surface area (Å²) in [5.74, 6) is -1.36. The lowest BCUT2D eigenvalue weighted by Crippen LogP contribution is -2.54. The van der Waals surface area contributed by atoms with Gasteiger partial charge in [-0.15, -0.1) is 0 Å². The van der Waals surface area contributed by atoms with Gasteiger partial charge in [-0.05, 0) is 12.8 Å². The standard InChI is InChI=1S/C13H21N3O5/c14-13(20)15-3-1-2-9(7-15)12(19)16-4-5-21-8-10(16)6-11(17)18/h9-10H,1-8H2,(H2,14,20)(H,17,18). The number of amides is 3. The molecule has 0 saturated carbocycles. The van der Waals surface area contributed by atoms with Crippen LogP contribution in [0.3, 0.4) is 0 Å². The van der Waals surface area contributed by atoms with Crippen molar-refractivity contribution in [1.29, 1.82) is 0 Å². The van der Waals surface area contributed by atoms with E-state index in [2.05, 4.69) is 0 Å². The molecule has 0 aromatic carbocycles. The molecule has 0 spiro atoms. The van der Waals surface area contributed by atoms with Crippen LogP contribution < -0.4 is 5.73 Å². The van der Waals surface area contributed by atoms with Crippen LogP contribution in [0.1, 0.15) is 19.3 Å². The van der Waals surface area contributed by atoms with Crippen LogP contribution in [-0.4, -0.2) is 71.7 Å². The Morgan fingerprint density at radius 3 is 2.71 bits per heavy atom. The van der Waals surface area contributed by atoms with Crippen molar-refractivity contribution in [2.24, 2.45) is 11.7 Å². The summed E-state index contributed by atoms with van der Waals surface area (Å²) < 4.78 is 5.27. The van der Waals surface area contributed by atoms with Crippen LogP contribution in [0.5, 0.6) is 0 Å². The van der Waals surface area contributed by atoms with Gasteiger partial charge in [0.25, 0.3) is 0 Å². The number of carboxylic acid groups (broad SMARTS) is 1. The maximum atomic E-state index is 12.6. The summed E-state index contributed by atoms with van der Waals surface area (Å²) in [4.78, 5) is 37.8. The molecular formula is C13H21N3O5. The quantitative estimate of drug-likeness (QED) is 0.728. The summed E-state index contributed by atoms with van der Waals surface area (Å²) in [6.07, 6.45) is 1.30. The second-order valence-corrected chi connectivity index (χ2v) is 5.48. The maximum Gasteiger partial charge on any atom is 0.314 e. The van der Waals surface area contributed by atoms with E-state index in [0.29, 0.717) is 32.7 Å². The number of urea groups is 1. The van der Waals surface area contributed by atoms with Gasteiger partial charge in [0.2, 0.25) is 5.91 Å². The molecule has 21 heavy (non-hydrogen) atoms. The second-order valence-electron chi connectivity index (χ2n) is 5.48. The van der Waals surface area contributed by atoms with E-state index in [4.69, 9.17) is 15.6 Å². The van der Waals surface area contributed by atoms with Gasteiger partial charge in [-0.25, -0.2) is 4.79 Å². The first-order valence-corrected chi connectivity index (χ1v) is 7.13. The first-order valence-electron chi connectivity index (χ1n) is 7.13. The maximum absolute atomic E-state index is 12.6. The van der Waals surface area contributed by atoms with E-state index in [1.165, 1.54) is 4.90 Å². The third-order valence-electron chi connectivity index (χ3n) is 4.00. The lowest BCUT2D eigenvalue weighted by Gasteiger charge is -2.39. The molecule has 2 aliphatic rings. The zero-order chi connectivity index (χ0) is 15.4. The van der Waals surface area contributed by atoms with Gasteiger partial charge in [0, 0.05) is 19.6 Å². The summed E-state index contributed by atoms with van der Waals surface area (Å²) in [5.41, 5.74) is 5.27. The van der Waals surface area contributed by atoms with Crippen molar-refractivity contribution >= 4 is 17.9 Å². The number of piperidine rings is 1. The Morgan fingerprint density at radius 2 is 2.05 bits per heavy atom. The van der Waals surface area contributed by atoms with Crippen molar-refractivity contribution in [3.05, 3.63) is 0 Å². The number of ether oxygens (including phenoxy) is 1. The van der Waals surface area contributed by atoms with Crippen molar-refractivity contribution in [1.82, 2.24) is 9.80 Å². The average Bonchev–Trinajstić information content (AvgIpc) is 2.46. The largest absolute Gasteiger partial charge is 0.481 e. The molecule has 2 saturated heterocycles. The molecule has 2 heterocycles. The molecule has 0 aliphatic carbocycles. The minimum Gasteiger partial charge on any atom is -0.481 e. The smallest absolute Gasteiger partial charge is 0.314 e. The number of hydrogen-bond acceptors (Lipinski definition) is 4. The number of carbonyl (C=O) groups is 3. The predicted octanol–water partition coefficient (Wildman–Crippen LogP) is -0.521. The molecule has 0 radical (unpaired) electrons.